The van der Waals surface area contributed by atoms with Crippen LogP contribution in [-0.2, 0) is 5.41 Å². The lowest BCUT2D eigenvalue weighted by Crippen LogP contribution is -2.54. The third kappa shape index (κ3) is 3.04. The standard InChI is InChI=1S/C20H32O/c1-14(2)16-12-13-20(6,15-10-8-7-9-11-15)18(17(16)21)19(3,4)5/h7-11,14,16-18,21H,12-13H2,1-6H3. The van der Waals surface area contributed by atoms with Gasteiger partial charge in [-0.1, -0.05) is 71.9 Å². The second-order valence-corrected chi connectivity index (χ2v) is 8.56. The Kier molecular flexibility index (Phi) is 4.54. The molecule has 0 radical (unpaired) electrons. The smallest absolute Gasteiger partial charge is 0.0612 e. The minimum Gasteiger partial charge on any atom is -0.392 e. The van der Waals surface area contributed by atoms with Gasteiger partial charge in [-0.3, -0.25) is 0 Å². The normalized spacial score (nSPS) is 34.2. The molecule has 0 saturated heterocycles. The summed E-state index contributed by atoms with van der Waals surface area (Å²) in [7, 11) is 0. The molecule has 1 aliphatic rings. The van der Waals surface area contributed by atoms with Gasteiger partial charge in [0, 0.05) is 0 Å². The van der Waals surface area contributed by atoms with Crippen molar-refractivity contribution in [2.45, 2.75) is 65.9 Å². The van der Waals surface area contributed by atoms with Crippen LogP contribution in [0.2, 0.25) is 0 Å². The zero-order valence-electron chi connectivity index (χ0n) is 14.6. The molecule has 1 aromatic carbocycles. The first kappa shape index (κ1) is 16.5. The Morgan fingerprint density at radius 2 is 1.71 bits per heavy atom. The fraction of sp³-hybridized carbons (Fsp3) is 0.700. The van der Waals surface area contributed by atoms with E-state index in [1.54, 1.807) is 0 Å². The molecule has 2 rings (SSSR count). The Bertz CT molecular complexity index is 456. The maximum atomic E-state index is 11.1. The molecule has 1 aliphatic carbocycles. The number of aliphatic hydroxyl groups excluding tert-OH is 1. The van der Waals surface area contributed by atoms with Crippen LogP contribution in [0.15, 0.2) is 30.3 Å². The minimum absolute atomic E-state index is 0.0598. The monoisotopic (exact) mass is 288 g/mol. The summed E-state index contributed by atoms with van der Waals surface area (Å²) < 4.78 is 0. The average molecular weight is 288 g/mol. The predicted molar refractivity (Wildman–Crippen MR) is 90.3 cm³/mol. The first-order valence-electron chi connectivity index (χ1n) is 8.41. The van der Waals surface area contributed by atoms with Crippen molar-refractivity contribution in [3.05, 3.63) is 35.9 Å². The molecule has 1 aromatic rings. The van der Waals surface area contributed by atoms with Gasteiger partial charge >= 0.3 is 0 Å². The highest BCUT2D eigenvalue weighted by Crippen LogP contribution is 2.53. The van der Waals surface area contributed by atoms with E-state index in [1.165, 1.54) is 12.0 Å². The van der Waals surface area contributed by atoms with Crippen molar-refractivity contribution in [2.75, 3.05) is 0 Å². The van der Waals surface area contributed by atoms with Gasteiger partial charge in [-0.25, -0.2) is 0 Å². The van der Waals surface area contributed by atoms with Crippen LogP contribution < -0.4 is 0 Å². The van der Waals surface area contributed by atoms with E-state index in [0.29, 0.717) is 11.8 Å². The molecule has 1 saturated carbocycles. The van der Waals surface area contributed by atoms with Gasteiger partial charge in [0.05, 0.1) is 6.10 Å². The van der Waals surface area contributed by atoms with Gasteiger partial charge in [0.1, 0.15) is 0 Å². The molecule has 1 N–H and O–H groups in total. The summed E-state index contributed by atoms with van der Waals surface area (Å²) in [4.78, 5) is 0. The Morgan fingerprint density at radius 3 is 2.19 bits per heavy atom. The highest BCUT2D eigenvalue weighted by molar-refractivity contribution is 5.28. The third-order valence-corrected chi connectivity index (χ3v) is 5.69. The molecule has 1 heteroatoms. The van der Waals surface area contributed by atoms with Crippen molar-refractivity contribution in [2.24, 2.45) is 23.2 Å². The zero-order chi connectivity index (χ0) is 15.8. The molecule has 1 nitrogen and oxygen atoms in total. The highest BCUT2D eigenvalue weighted by Gasteiger charge is 2.51. The molecule has 4 atom stereocenters. The Hall–Kier alpha value is -0.820. The van der Waals surface area contributed by atoms with Crippen LogP contribution in [-0.4, -0.2) is 11.2 Å². The molecule has 118 valence electrons. The summed E-state index contributed by atoms with van der Waals surface area (Å²) in [6, 6.07) is 10.8. The van der Waals surface area contributed by atoms with Crippen molar-refractivity contribution < 1.29 is 5.11 Å². The molecule has 0 aliphatic heterocycles. The van der Waals surface area contributed by atoms with Crippen molar-refractivity contribution >= 4 is 0 Å². The molecule has 0 heterocycles. The number of hydrogen-bond donors (Lipinski definition) is 1. The van der Waals surface area contributed by atoms with Crippen LogP contribution >= 0.6 is 0 Å². The first-order chi connectivity index (χ1) is 9.68. The van der Waals surface area contributed by atoms with Crippen LogP contribution in [0, 0.1) is 23.2 Å². The summed E-state index contributed by atoms with van der Waals surface area (Å²) in [6.45, 7) is 13.7. The third-order valence-electron chi connectivity index (χ3n) is 5.69. The van der Waals surface area contributed by atoms with Gasteiger partial charge in [0.2, 0.25) is 0 Å². The van der Waals surface area contributed by atoms with Crippen molar-refractivity contribution in [1.82, 2.24) is 0 Å². The topological polar surface area (TPSA) is 20.2 Å². The molecular formula is C20H32O. The maximum Gasteiger partial charge on any atom is 0.0612 e. The highest BCUT2D eigenvalue weighted by atomic mass is 16.3. The fourth-order valence-electron chi connectivity index (χ4n) is 4.76. The van der Waals surface area contributed by atoms with E-state index in [0.717, 1.165) is 6.42 Å². The second kappa shape index (κ2) is 5.76. The quantitative estimate of drug-likeness (QED) is 0.809. The lowest BCUT2D eigenvalue weighted by Gasteiger charge is -2.54. The van der Waals surface area contributed by atoms with E-state index in [4.69, 9.17) is 0 Å². The largest absolute Gasteiger partial charge is 0.392 e. The Balaban J connectivity index is 2.46. The molecule has 0 aromatic heterocycles. The number of benzene rings is 1. The van der Waals surface area contributed by atoms with E-state index in [2.05, 4.69) is 71.9 Å². The molecule has 0 bridgehead atoms. The number of aliphatic hydroxyl groups is 1. The average Bonchev–Trinajstić information content (AvgIpc) is 2.37. The summed E-state index contributed by atoms with van der Waals surface area (Å²) in [6.07, 6.45) is 2.07. The van der Waals surface area contributed by atoms with Crippen LogP contribution in [0.5, 0.6) is 0 Å². The first-order valence-corrected chi connectivity index (χ1v) is 8.41. The van der Waals surface area contributed by atoms with Crippen LogP contribution in [0.4, 0.5) is 0 Å². The summed E-state index contributed by atoms with van der Waals surface area (Å²) in [5, 5.41) is 11.1. The molecule has 0 spiro atoms. The van der Waals surface area contributed by atoms with Gasteiger partial charge < -0.3 is 5.11 Å². The van der Waals surface area contributed by atoms with Crippen molar-refractivity contribution in [3.63, 3.8) is 0 Å². The number of rotatable bonds is 2. The van der Waals surface area contributed by atoms with Crippen LogP contribution in [0.3, 0.4) is 0 Å². The molecule has 0 amide bonds. The summed E-state index contributed by atoms with van der Waals surface area (Å²) >= 11 is 0. The van der Waals surface area contributed by atoms with Gasteiger partial charge in [-0.05, 0) is 47.0 Å². The van der Waals surface area contributed by atoms with Crippen molar-refractivity contribution in [1.29, 1.82) is 0 Å². The fourth-order valence-corrected chi connectivity index (χ4v) is 4.76. The van der Waals surface area contributed by atoms with Gasteiger partial charge in [-0.15, -0.1) is 0 Å². The lowest BCUT2D eigenvalue weighted by molar-refractivity contribution is -0.0859. The summed E-state index contributed by atoms with van der Waals surface area (Å²) in [5.74, 6) is 1.25. The predicted octanol–water partition coefficient (Wildman–Crippen LogP) is 5.03. The molecule has 21 heavy (non-hydrogen) atoms. The molecule has 1 fully saturated rings. The maximum absolute atomic E-state index is 11.1. The Morgan fingerprint density at radius 1 is 1.14 bits per heavy atom. The summed E-state index contributed by atoms with van der Waals surface area (Å²) in [5.41, 5.74) is 1.54. The van der Waals surface area contributed by atoms with E-state index in [1.807, 2.05) is 0 Å². The molecule has 4 unspecified atom stereocenters. The lowest BCUT2D eigenvalue weighted by atomic mass is 9.52. The SMILES string of the molecule is CC(C)C1CCC(C)(c2ccccc2)C(C(C)(C)C)C1O. The zero-order valence-corrected chi connectivity index (χ0v) is 14.6. The van der Waals surface area contributed by atoms with Crippen LogP contribution in [0.1, 0.15) is 59.9 Å². The van der Waals surface area contributed by atoms with Gasteiger partial charge in [0.15, 0.2) is 0 Å². The van der Waals surface area contributed by atoms with Gasteiger partial charge in [0.25, 0.3) is 0 Å². The van der Waals surface area contributed by atoms with Gasteiger partial charge in [-0.2, -0.15) is 0 Å². The Labute approximate surface area is 130 Å². The molecular weight excluding hydrogens is 256 g/mol. The second-order valence-electron chi connectivity index (χ2n) is 8.56. The van der Waals surface area contributed by atoms with Crippen molar-refractivity contribution in [3.8, 4) is 0 Å². The van der Waals surface area contributed by atoms with E-state index >= 15 is 0 Å². The van der Waals surface area contributed by atoms with E-state index in [9.17, 15) is 5.11 Å². The van der Waals surface area contributed by atoms with E-state index < -0.39 is 0 Å². The van der Waals surface area contributed by atoms with Crippen LogP contribution in [0.25, 0.3) is 0 Å². The number of hydrogen-bond acceptors (Lipinski definition) is 1. The minimum atomic E-state index is -0.219. The van der Waals surface area contributed by atoms with E-state index in [-0.39, 0.29) is 22.9 Å².